The first kappa shape index (κ1) is 42.4. The van der Waals surface area contributed by atoms with E-state index in [1.165, 1.54) is 77.0 Å². The molecule has 5 aliphatic rings. The molecule has 2 amide bonds. The summed E-state index contributed by atoms with van der Waals surface area (Å²) in [5, 5.41) is 3.09. The zero-order valence-corrected chi connectivity index (χ0v) is 34.3. The van der Waals surface area contributed by atoms with E-state index >= 15 is 0 Å². The van der Waals surface area contributed by atoms with E-state index in [9.17, 15) is 9.59 Å². The monoisotopic (exact) mass is 685 g/mol. The number of nitrogens with zero attached hydrogens (tertiary/aromatic N) is 1. The van der Waals surface area contributed by atoms with Crippen LogP contribution in [-0.2, 0) is 9.59 Å². The lowest BCUT2D eigenvalue weighted by molar-refractivity contribution is -0.138. The summed E-state index contributed by atoms with van der Waals surface area (Å²) in [6.45, 7) is 22.2. The standard InChI is InChI=1S/C16H30.C15H27NO.C14H27NO/c1-13(2)16-10-8-15(9-11-16)12-14-6-4-3-5-7-14;1-12(2)13-6-8-14(9-7-13)15(17)16-10-4-3-5-11-16;1-10(2)11-6-8-12(9-7-11)13(16)15-14(3,4)5/h13-16H,3-12H2,1-2H3;12-14H,3-11H2,1-2H3;10-12H,6-9H2,1-5H3,(H,15,16). The van der Waals surface area contributed by atoms with Crippen LogP contribution >= 0.6 is 0 Å². The Hall–Kier alpha value is -1.06. The van der Waals surface area contributed by atoms with Gasteiger partial charge in [0, 0.05) is 30.5 Å². The van der Waals surface area contributed by atoms with Gasteiger partial charge in [-0.3, -0.25) is 9.59 Å². The van der Waals surface area contributed by atoms with Crippen molar-refractivity contribution in [2.75, 3.05) is 13.1 Å². The Balaban J connectivity index is 0.000000199. The number of nitrogens with one attached hydrogen (secondary N) is 1. The fraction of sp³-hybridized carbons (Fsp3) is 0.956. The molecule has 0 bridgehead atoms. The molecule has 4 heteroatoms. The van der Waals surface area contributed by atoms with E-state index in [0.717, 1.165) is 86.1 Å². The largest absolute Gasteiger partial charge is 0.351 e. The summed E-state index contributed by atoms with van der Waals surface area (Å²) in [4.78, 5) is 26.5. The highest BCUT2D eigenvalue weighted by molar-refractivity contribution is 5.79. The van der Waals surface area contributed by atoms with Crippen LogP contribution < -0.4 is 5.32 Å². The number of rotatable bonds is 7. The molecule has 1 N–H and O–H groups in total. The second-order valence-corrected chi connectivity index (χ2v) is 19.6. The van der Waals surface area contributed by atoms with Crippen molar-refractivity contribution in [1.82, 2.24) is 10.2 Å². The van der Waals surface area contributed by atoms with E-state index in [1.54, 1.807) is 32.1 Å². The van der Waals surface area contributed by atoms with Crippen LogP contribution in [0.1, 0.15) is 197 Å². The van der Waals surface area contributed by atoms with E-state index in [2.05, 4.69) is 51.8 Å². The maximum absolute atomic E-state index is 12.4. The van der Waals surface area contributed by atoms with Crippen LogP contribution in [-0.4, -0.2) is 35.3 Å². The van der Waals surface area contributed by atoms with Crippen LogP contribution in [0.4, 0.5) is 0 Å². The van der Waals surface area contributed by atoms with Crippen molar-refractivity contribution < 1.29 is 9.59 Å². The van der Waals surface area contributed by atoms with Gasteiger partial charge >= 0.3 is 0 Å². The second kappa shape index (κ2) is 21.5. The van der Waals surface area contributed by atoms with Crippen molar-refractivity contribution in [3.05, 3.63) is 0 Å². The Morgan fingerprint density at radius 1 is 0.531 bits per heavy atom. The summed E-state index contributed by atoms with van der Waals surface area (Å²) < 4.78 is 0. The first-order valence-electron chi connectivity index (χ1n) is 21.8. The molecule has 49 heavy (non-hydrogen) atoms. The third-order valence-corrected chi connectivity index (χ3v) is 13.5. The van der Waals surface area contributed by atoms with Crippen LogP contribution in [0.3, 0.4) is 0 Å². The van der Waals surface area contributed by atoms with Crippen molar-refractivity contribution in [3.8, 4) is 0 Å². The van der Waals surface area contributed by atoms with E-state index in [4.69, 9.17) is 0 Å². The fourth-order valence-electron chi connectivity index (χ4n) is 9.91. The molecule has 0 unspecified atom stereocenters. The smallest absolute Gasteiger partial charge is 0.225 e. The molecular formula is C45H84N2O2. The fourth-order valence-corrected chi connectivity index (χ4v) is 9.91. The molecule has 0 spiro atoms. The normalized spacial score (nSPS) is 30.2. The average molecular weight is 685 g/mol. The Labute approximate surface area is 305 Å². The van der Waals surface area contributed by atoms with Gasteiger partial charge in [-0.25, -0.2) is 0 Å². The summed E-state index contributed by atoms with van der Waals surface area (Å²) in [6, 6.07) is 0. The highest BCUT2D eigenvalue weighted by Crippen LogP contribution is 2.39. The molecule has 0 radical (unpaired) electrons. The van der Waals surface area contributed by atoms with E-state index in [-0.39, 0.29) is 17.4 Å². The van der Waals surface area contributed by atoms with Gasteiger partial charge in [-0.1, -0.05) is 86.5 Å². The van der Waals surface area contributed by atoms with Crippen molar-refractivity contribution in [1.29, 1.82) is 0 Å². The number of likely N-dealkylation sites (tertiary alicyclic amines) is 1. The molecule has 0 aromatic carbocycles. The highest BCUT2D eigenvalue weighted by atomic mass is 16.2. The van der Waals surface area contributed by atoms with Gasteiger partial charge < -0.3 is 10.2 Å². The minimum absolute atomic E-state index is 0.0913. The van der Waals surface area contributed by atoms with E-state index < -0.39 is 0 Å². The van der Waals surface area contributed by atoms with E-state index in [0.29, 0.717) is 11.8 Å². The zero-order valence-electron chi connectivity index (χ0n) is 34.3. The minimum atomic E-state index is -0.0913. The second-order valence-electron chi connectivity index (χ2n) is 19.6. The zero-order chi connectivity index (χ0) is 36.0. The van der Waals surface area contributed by atoms with Gasteiger partial charge in [0.15, 0.2) is 0 Å². The van der Waals surface area contributed by atoms with Gasteiger partial charge in [-0.05, 0) is 158 Å². The molecule has 4 nitrogen and oxygen atoms in total. The van der Waals surface area contributed by atoms with Crippen molar-refractivity contribution in [3.63, 3.8) is 0 Å². The quantitative estimate of drug-likeness (QED) is 0.290. The number of piperidine rings is 1. The topological polar surface area (TPSA) is 49.4 Å². The molecule has 1 heterocycles. The molecular weight excluding hydrogens is 601 g/mol. The van der Waals surface area contributed by atoms with E-state index in [1.807, 2.05) is 20.8 Å². The minimum Gasteiger partial charge on any atom is -0.351 e. The van der Waals surface area contributed by atoms with Gasteiger partial charge in [-0.2, -0.15) is 0 Å². The molecule has 4 aliphatic carbocycles. The number of hydrogen-bond donors (Lipinski definition) is 1. The van der Waals surface area contributed by atoms with Gasteiger partial charge in [0.2, 0.25) is 11.8 Å². The molecule has 5 fully saturated rings. The Bertz CT molecular complexity index is 899. The Morgan fingerprint density at radius 3 is 1.35 bits per heavy atom. The third kappa shape index (κ3) is 15.6. The van der Waals surface area contributed by atoms with Gasteiger partial charge in [0.25, 0.3) is 0 Å². The van der Waals surface area contributed by atoms with Gasteiger partial charge in [0.05, 0.1) is 0 Å². The van der Waals surface area contributed by atoms with Crippen molar-refractivity contribution in [2.45, 2.75) is 203 Å². The summed E-state index contributed by atoms with van der Waals surface area (Å²) >= 11 is 0. The lowest BCUT2D eigenvalue weighted by atomic mass is 9.72. The lowest BCUT2D eigenvalue weighted by Gasteiger charge is -2.35. The average Bonchev–Trinajstić information content (AvgIpc) is 3.09. The molecule has 1 aliphatic heterocycles. The number of carbonyl (C=O) groups is 2. The highest BCUT2D eigenvalue weighted by Gasteiger charge is 2.32. The van der Waals surface area contributed by atoms with Crippen LogP contribution in [0.2, 0.25) is 0 Å². The summed E-state index contributed by atoms with van der Waals surface area (Å²) in [5.74, 6) is 8.76. The summed E-state index contributed by atoms with van der Waals surface area (Å²) in [5.41, 5.74) is -0.0913. The maximum atomic E-state index is 12.4. The van der Waals surface area contributed by atoms with Gasteiger partial charge in [0.1, 0.15) is 0 Å². The van der Waals surface area contributed by atoms with Crippen LogP contribution in [0.25, 0.3) is 0 Å². The maximum Gasteiger partial charge on any atom is 0.225 e. The third-order valence-electron chi connectivity index (χ3n) is 13.5. The Morgan fingerprint density at radius 2 is 0.918 bits per heavy atom. The summed E-state index contributed by atoms with van der Waals surface area (Å²) in [6.07, 6.45) is 28.5. The molecule has 1 saturated heterocycles. The number of carbonyl (C=O) groups excluding carboxylic acids is 2. The molecule has 0 aromatic heterocycles. The van der Waals surface area contributed by atoms with Crippen LogP contribution in [0, 0.1) is 59.2 Å². The molecule has 4 saturated carbocycles. The number of hydrogen-bond acceptors (Lipinski definition) is 2. The first-order valence-corrected chi connectivity index (χ1v) is 21.8. The lowest BCUT2D eigenvalue weighted by Crippen LogP contribution is -2.44. The predicted molar refractivity (Wildman–Crippen MR) is 210 cm³/mol. The molecule has 5 rings (SSSR count). The van der Waals surface area contributed by atoms with Crippen LogP contribution in [0.15, 0.2) is 0 Å². The van der Waals surface area contributed by atoms with Crippen molar-refractivity contribution >= 4 is 11.8 Å². The van der Waals surface area contributed by atoms with Crippen molar-refractivity contribution in [2.24, 2.45) is 59.2 Å². The first-order chi connectivity index (χ1) is 23.2. The van der Waals surface area contributed by atoms with Gasteiger partial charge in [-0.15, -0.1) is 0 Å². The SMILES string of the molecule is CC(C)C1CCC(C(=O)N2CCCCC2)CC1.CC(C)C1CCC(C(=O)NC(C)(C)C)CC1.CC(C)C1CCC(CC2CCCCC2)CC1. The Kier molecular flexibility index (Phi) is 18.6. The predicted octanol–water partition coefficient (Wildman–Crippen LogP) is 12.2. The molecule has 0 aromatic rings. The number of amides is 2. The summed E-state index contributed by atoms with van der Waals surface area (Å²) in [7, 11) is 0. The molecule has 286 valence electrons. The molecule has 0 atom stereocenters. The van der Waals surface area contributed by atoms with Crippen LogP contribution in [0.5, 0.6) is 0 Å².